The Morgan fingerprint density at radius 1 is 1.82 bits per heavy atom. The minimum Gasteiger partial charge on any atom is -0.398 e. The molecular formula is C7H10N2OS. The molecule has 0 aromatic carbocycles. The van der Waals surface area contributed by atoms with E-state index in [0.717, 1.165) is 4.88 Å². The number of aliphatic hydroxyl groups excluding tert-OH is 1. The largest absolute Gasteiger partial charge is 0.398 e. The van der Waals surface area contributed by atoms with Crippen molar-refractivity contribution in [2.75, 3.05) is 5.73 Å². The van der Waals surface area contributed by atoms with E-state index in [-0.39, 0.29) is 0 Å². The number of hydrogen-bond donors (Lipinski definition) is 3. The van der Waals surface area contributed by atoms with Gasteiger partial charge >= 0.3 is 0 Å². The van der Waals surface area contributed by atoms with E-state index in [1.54, 1.807) is 13.0 Å². The third-order valence-electron chi connectivity index (χ3n) is 1.35. The minimum atomic E-state index is -0.490. The molecular weight excluding hydrogens is 160 g/mol. The fraction of sp³-hybridized carbons (Fsp3) is 0.286. The highest BCUT2D eigenvalue weighted by Crippen LogP contribution is 2.27. The molecule has 0 amide bonds. The van der Waals surface area contributed by atoms with Crippen molar-refractivity contribution >= 4 is 23.2 Å². The van der Waals surface area contributed by atoms with Crippen LogP contribution in [0.2, 0.25) is 0 Å². The SMILES string of the molecule is CC(O)c1cc(N)c(C=N)s1. The molecule has 0 radical (unpaired) electrons. The fourth-order valence-corrected chi connectivity index (χ4v) is 1.60. The number of aliphatic hydroxyl groups is 1. The Morgan fingerprint density at radius 3 is 2.73 bits per heavy atom. The first-order chi connectivity index (χ1) is 5.15. The molecule has 1 heterocycles. The van der Waals surface area contributed by atoms with E-state index in [2.05, 4.69) is 0 Å². The summed E-state index contributed by atoms with van der Waals surface area (Å²) in [6, 6.07) is 1.70. The van der Waals surface area contributed by atoms with E-state index >= 15 is 0 Å². The van der Waals surface area contributed by atoms with Crippen LogP contribution in [0.1, 0.15) is 22.8 Å². The van der Waals surface area contributed by atoms with Crippen LogP contribution in [0.4, 0.5) is 5.69 Å². The van der Waals surface area contributed by atoms with Crippen molar-refractivity contribution in [3.63, 3.8) is 0 Å². The van der Waals surface area contributed by atoms with Gasteiger partial charge in [-0.2, -0.15) is 0 Å². The van der Waals surface area contributed by atoms with Crippen LogP contribution >= 0.6 is 11.3 Å². The minimum absolute atomic E-state index is 0.490. The lowest BCUT2D eigenvalue weighted by atomic mass is 10.3. The van der Waals surface area contributed by atoms with Crippen LogP contribution in [-0.2, 0) is 0 Å². The van der Waals surface area contributed by atoms with Crippen LogP contribution in [0.5, 0.6) is 0 Å². The lowest BCUT2D eigenvalue weighted by molar-refractivity contribution is 0.203. The van der Waals surface area contributed by atoms with E-state index in [0.29, 0.717) is 10.6 Å². The molecule has 4 N–H and O–H groups in total. The molecule has 0 spiro atoms. The van der Waals surface area contributed by atoms with Gasteiger partial charge in [-0.3, -0.25) is 0 Å². The van der Waals surface area contributed by atoms with Gasteiger partial charge in [0.25, 0.3) is 0 Å². The molecule has 1 aromatic heterocycles. The predicted molar refractivity (Wildman–Crippen MR) is 47.3 cm³/mol. The maximum atomic E-state index is 9.14. The molecule has 60 valence electrons. The average molecular weight is 170 g/mol. The van der Waals surface area contributed by atoms with E-state index in [1.807, 2.05) is 0 Å². The highest BCUT2D eigenvalue weighted by atomic mass is 32.1. The summed E-state index contributed by atoms with van der Waals surface area (Å²) in [6.07, 6.45) is 0.710. The summed E-state index contributed by atoms with van der Waals surface area (Å²) in [5.41, 5.74) is 6.11. The normalized spacial score (nSPS) is 12.9. The standard InChI is InChI=1S/C7H10N2OS/c1-4(10)6-2-5(9)7(3-8)11-6/h2-4,8,10H,9H2,1H3. The number of rotatable bonds is 2. The summed E-state index contributed by atoms with van der Waals surface area (Å²) >= 11 is 1.35. The van der Waals surface area contributed by atoms with Gasteiger partial charge in [0, 0.05) is 11.1 Å². The molecule has 0 saturated heterocycles. The number of hydrogen-bond acceptors (Lipinski definition) is 4. The first-order valence-electron chi connectivity index (χ1n) is 3.23. The molecule has 3 nitrogen and oxygen atoms in total. The van der Waals surface area contributed by atoms with E-state index in [1.165, 1.54) is 17.6 Å². The highest BCUT2D eigenvalue weighted by molar-refractivity contribution is 7.14. The molecule has 0 aliphatic heterocycles. The zero-order valence-corrected chi connectivity index (χ0v) is 6.98. The van der Waals surface area contributed by atoms with Crippen LogP contribution in [0.25, 0.3) is 0 Å². The lowest BCUT2D eigenvalue weighted by Crippen LogP contribution is -1.85. The van der Waals surface area contributed by atoms with Crippen LogP contribution in [0.15, 0.2) is 6.07 Å². The maximum absolute atomic E-state index is 9.14. The van der Waals surface area contributed by atoms with Gasteiger partial charge in [0.15, 0.2) is 0 Å². The van der Waals surface area contributed by atoms with E-state index in [4.69, 9.17) is 16.2 Å². The third kappa shape index (κ3) is 1.58. The van der Waals surface area contributed by atoms with Gasteiger partial charge in [-0.15, -0.1) is 11.3 Å². The van der Waals surface area contributed by atoms with Crippen molar-refractivity contribution in [2.45, 2.75) is 13.0 Å². The summed E-state index contributed by atoms with van der Waals surface area (Å²) in [6.45, 7) is 1.68. The Labute approximate surface area is 69.0 Å². The van der Waals surface area contributed by atoms with Crippen molar-refractivity contribution in [1.82, 2.24) is 0 Å². The Morgan fingerprint density at radius 2 is 2.45 bits per heavy atom. The van der Waals surface area contributed by atoms with Gasteiger partial charge in [-0.1, -0.05) is 0 Å². The van der Waals surface area contributed by atoms with Gasteiger partial charge < -0.3 is 16.2 Å². The second-order valence-corrected chi connectivity index (χ2v) is 3.40. The maximum Gasteiger partial charge on any atom is 0.0854 e. The van der Waals surface area contributed by atoms with Crippen LogP contribution in [0.3, 0.4) is 0 Å². The van der Waals surface area contributed by atoms with Crippen LogP contribution < -0.4 is 5.73 Å². The summed E-state index contributed by atoms with van der Waals surface area (Å²) < 4.78 is 0. The summed E-state index contributed by atoms with van der Waals surface area (Å²) in [4.78, 5) is 1.52. The molecule has 0 aliphatic rings. The fourth-order valence-electron chi connectivity index (χ4n) is 0.758. The second-order valence-electron chi connectivity index (χ2n) is 2.29. The summed E-state index contributed by atoms with van der Waals surface area (Å²) in [5, 5.41) is 16.1. The monoisotopic (exact) mass is 170 g/mol. The zero-order valence-electron chi connectivity index (χ0n) is 6.16. The Hall–Kier alpha value is -0.870. The first-order valence-corrected chi connectivity index (χ1v) is 4.04. The number of nitrogen functional groups attached to an aromatic ring is 1. The Kier molecular flexibility index (Phi) is 2.26. The van der Waals surface area contributed by atoms with Crippen molar-refractivity contribution in [3.8, 4) is 0 Å². The van der Waals surface area contributed by atoms with Crippen LogP contribution in [0, 0.1) is 5.41 Å². The van der Waals surface area contributed by atoms with Gasteiger partial charge in [0.2, 0.25) is 0 Å². The quantitative estimate of drug-likeness (QED) is 0.587. The van der Waals surface area contributed by atoms with Crippen molar-refractivity contribution < 1.29 is 5.11 Å². The summed E-state index contributed by atoms with van der Waals surface area (Å²) in [7, 11) is 0. The smallest absolute Gasteiger partial charge is 0.0854 e. The van der Waals surface area contributed by atoms with Gasteiger partial charge in [-0.05, 0) is 13.0 Å². The molecule has 4 heteroatoms. The number of nitrogens with one attached hydrogen (secondary N) is 1. The first kappa shape index (κ1) is 8.23. The topological polar surface area (TPSA) is 70.1 Å². The molecule has 0 bridgehead atoms. The average Bonchev–Trinajstić information content (AvgIpc) is 2.31. The predicted octanol–water partition coefficient (Wildman–Crippen LogP) is 1.38. The molecule has 0 fully saturated rings. The van der Waals surface area contributed by atoms with Gasteiger partial charge in [0.1, 0.15) is 0 Å². The van der Waals surface area contributed by atoms with Crippen molar-refractivity contribution in [2.24, 2.45) is 0 Å². The second kappa shape index (κ2) is 3.02. The number of nitrogens with two attached hydrogens (primary N) is 1. The van der Waals surface area contributed by atoms with Gasteiger partial charge in [0.05, 0.1) is 16.7 Å². The molecule has 1 rings (SSSR count). The molecule has 11 heavy (non-hydrogen) atoms. The molecule has 0 saturated carbocycles. The molecule has 1 atom stereocenters. The third-order valence-corrected chi connectivity index (χ3v) is 2.62. The van der Waals surface area contributed by atoms with Crippen molar-refractivity contribution in [3.05, 3.63) is 15.8 Å². The molecule has 1 aromatic rings. The summed E-state index contributed by atoms with van der Waals surface area (Å²) in [5.74, 6) is 0. The highest BCUT2D eigenvalue weighted by Gasteiger charge is 2.07. The molecule has 0 aliphatic carbocycles. The lowest BCUT2D eigenvalue weighted by Gasteiger charge is -1.95. The van der Waals surface area contributed by atoms with Crippen LogP contribution in [-0.4, -0.2) is 11.3 Å². The van der Waals surface area contributed by atoms with Crippen molar-refractivity contribution in [1.29, 1.82) is 5.41 Å². The van der Waals surface area contributed by atoms with E-state index < -0.39 is 6.10 Å². The number of anilines is 1. The van der Waals surface area contributed by atoms with E-state index in [9.17, 15) is 0 Å². The zero-order chi connectivity index (χ0) is 8.43. The molecule has 1 unspecified atom stereocenters. The Bertz CT molecular complexity index is 267. The van der Waals surface area contributed by atoms with Gasteiger partial charge in [-0.25, -0.2) is 0 Å². The Balaban J connectivity index is 3.04. The number of thiophene rings is 1.